The van der Waals surface area contributed by atoms with E-state index in [0.29, 0.717) is 6.54 Å². The van der Waals surface area contributed by atoms with Crippen LogP contribution in [0.1, 0.15) is 19.8 Å². The first-order chi connectivity index (χ1) is 8.15. The van der Waals surface area contributed by atoms with Crippen LogP contribution in [0.5, 0.6) is 0 Å². The number of hydrogen-bond acceptors (Lipinski definition) is 4. The summed E-state index contributed by atoms with van der Waals surface area (Å²) in [6, 6.07) is 0. The van der Waals surface area contributed by atoms with Crippen LogP contribution in [0.2, 0.25) is 0 Å². The van der Waals surface area contributed by atoms with E-state index in [4.69, 9.17) is 10.5 Å². The largest absolute Gasteiger partial charge is 0.377 e. The van der Waals surface area contributed by atoms with Crippen molar-refractivity contribution in [3.63, 3.8) is 0 Å². The molecule has 4 heteroatoms. The van der Waals surface area contributed by atoms with Crippen molar-refractivity contribution in [3.8, 4) is 0 Å². The molecule has 0 aliphatic carbocycles. The Labute approximate surface area is 106 Å². The summed E-state index contributed by atoms with van der Waals surface area (Å²) in [7, 11) is 4.41. The quantitative estimate of drug-likeness (QED) is 0.679. The minimum atomic E-state index is 0.230. The van der Waals surface area contributed by atoms with Crippen molar-refractivity contribution in [3.05, 3.63) is 0 Å². The van der Waals surface area contributed by atoms with Crippen molar-refractivity contribution < 1.29 is 4.74 Å². The van der Waals surface area contributed by atoms with Gasteiger partial charge in [0.25, 0.3) is 0 Å². The molecule has 1 heterocycles. The van der Waals surface area contributed by atoms with E-state index in [-0.39, 0.29) is 6.10 Å². The van der Waals surface area contributed by atoms with Gasteiger partial charge in [0.1, 0.15) is 0 Å². The topological polar surface area (TPSA) is 41.7 Å². The molecular weight excluding hydrogens is 214 g/mol. The Balaban J connectivity index is 2.13. The normalized spacial score (nSPS) is 23.5. The van der Waals surface area contributed by atoms with Gasteiger partial charge in [0.05, 0.1) is 6.10 Å². The second kappa shape index (κ2) is 8.03. The Morgan fingerprint density at radius 2 is 2.29 bits per heavy atom. The van der Waals surface area contributed by atoms with Gasteiger partial charge in [0, 0.05) is 32.8 Å². The van der Waals surface area contributed by atoms with E-state index in [2.05, 4.69) is 23.9 Å². The molecule has 2 unspecified atom stereocenters. The monoisotopic (exact) mass is 243 g/mol. The Kier molecular flexibility index (Phi) is 7.04. The van der Waals surface area contributed by atoms with Crippen LogP contribution >= 0.6 is 0 Å². The Morgan fingerprint density at radius 1 is 1.53 bits per heavy atom. The Bertz CT molecular complexity index is 201. The fourth-order valence-electron chi connectivity index (χ4n) is 2.58. The minimum Gasteiger partial charge on any atom is -0.377 e. The molecular formula is C13H29N3O. The summed E-state index contributed by atoms with van der Waals surface area (Å²) in [6.45, 7) is 8.21. The van der Waals surface area contributed by atoms with Crippen LogP contribution in [0.3, 0.4) is 0 Å². The lowest BCUT2D eigenvalue weighted by molar-refractivity contribution is 0.0554. The molecule has 102 valence electrons. The number of nitrogens with two attached hydrogens (primary N) is 1. The maximum atomic E-state index is 5.68. The van der Waals surface area contributed by atoms with Crippen molar-refractivity contribution >= 4 is 0 Å². The van der Waals surface area contributed by atoms with Gasteiger partial charge in [-0.15, -0.1) is 0 Å². The van der Waals surface area contributed by atoms with E-state index in [0.717, 1.165) is 25.5 Å². The molecule has 0 spiro atoms. The first-order valence-corrected chi connectivity index (χ1v) is 6.84. The zero-order valence-corrected chi connectivity index (χ0v) is 11.7. The van der Waals surface area contributed by atoms with Crippen LogP contribution in [-0.2, 0) is 4.74 Å². The van der Waals surface area contributed by atoms with Crippen molar-refractivity contribution in [2.24, 2.45) is 11.7 Å². The minimum absolute atomic E-state index is 0.230. The van der Waals surface area contributed by atoms with E-state index in [1.165, 1.54) is 26.1 Å². The summed E-state index contributed by atoms with van der Waals surface area (Å²) in [5, 5.41) is 0. The summed E-state index contributed by atoms with van der Waals surface area (Å²) in [6.07, 6.45) is 2.62. The number of likely N-dealkylation sites (tertiary alicyclic amines) is 1. The van der Waals surface area contributed by atoms with Crippen LogP contribution in [0.25, 0.3) is 0 Å². The van der Waals surface area contributed by atoms with Crippen LogP contribution in [0.15, 0.2) is 0 Å². The molecule has 4 nitrogen and oxygen atoms in total. The molecule has 1 saturated heterocycles. The van der Waals surface area contributed by atoms with Crippen molar-refractivity contribution in [2.75, 3.05) is 53.4 Å². The Morgan fingerprint density at radius 3 is 2.82 bits per heavy atom. The third kappa shape index (κ3) is 5.82. The van der Waals surface area contributed by atoms with Crippen LogP contribution < -0.4 is 5.73 Å². The molecule has 0 amide bonds. The standard InChI is InChI=1S/C13H29N3O/c1-4-17-13(9-14)6-8-16(3)11-12-5-7-15(2)10-12/h12-13H,4-11,14H2,1-3H3. The van der Waals surface area contributed by atoms with Gasteiger partial charge in [-0.25, -0.2) is 0 Å². The zero-order chi connectivity index (χ0) is 12.7. The maximum absolute atomic E-state index is 5.68. The summed E-state index contributed by atoms with van der Waals surface area (Å²) < 4.78 is 5.57. The second-order valence-corrected chi connectivity index (χ2v) is 5.28. The molecule has 2 N–H and O–H groups in total. The molecule has 1 rings (SSSR count). The van der Waals surface area contributed by atoms with Crippen molar-refractivity contribution in [2.45, 2.75) is 25.9 Å². The van der Waals surface area contributed by atoms with Gasteiger partial charge >= 0.3 is 0 Å². The van der Waals surface area contributed by atoms with Gasteiger partial charge < -0.3 is 20.3 Å². The molecule has 1 aliphatic rings. The van der Waals surface area contributed by atoms with Gasteiger partial charge in [0.2, 0.25) is 0 Å². The van der Waals surface area contributed by atoms with Gasteiger partial charge in [-0.2, -0.15) is 0 Å². The smallest absolute Gasteiger partial charge is 0.0709 e. The number of ether oxygens (including phenoxy) is 1. The number of nitrogens with zero attached hydrogens (tertiary/aromatic N) is 2. The first kappa shape index (κ1) is 14.9. The predicted molar refractivity (Wildman–Crippen MR) is 72.2 cm³/mol. The summed E-state index contributed by atoms with van der Waals surface area (Å²) in [5.74, 6) is 0.841. The molecule has 0 aromatic rings. The average Bonchev–Trinajstić information content (AvgIpc) is 2.70. The van der Waals surface area contributed by atoms with E-state index >= 15 is 0 Å². The lowest BCUT2D eigenvalue weighted by atomic mass is 10.1. The molecule has 17 heavy (non-hydrogen) atoms. The van der Waals surface area contributed by atoms with Gasteiger partial charge in [-0.05, 0) is 46.3 Å². The van der Waals surface area contributed by atoms with Gasteiger partial charge in [-0.3, -0.25) is 0 Å². The Hall–Kier alpha value is -0.160. The van der Waals surface area contributed by atoms with Crippen LogP contribution in [-0.4, -0.2) is 69.3 Å². The van der Waals surface area contributed by atoms with Gasteiger partial charge in [0.15, 0.2) is 0 Å². The molecule has 0 saturated carbocycles. The summed E-state index contributed by atoms with van der Waals surface area (Å²) in [4.78, 5) is 4.84. The highest BCUT2D eigenvalue weighted by Crippen LogP contribution is 2.15. The molecule has 1 fully saturated rings. The second-order valence-electron chi connectivity index (χ2n) is 5.28. The molecule has 2 atom stereocenters. The van der Waals surface area contributed by atoms with E-state index in [1.54, 1.807) is 0 Å². The lowest BCUT2D eigenvalue weighted by Crippen LogP contribution is -2.32. The molecule has 0 aromatic carbocycles. The third-order valence-corrected chi connectivity index (χ3v) is 3.56. The lowest BCUT2D eigenvalue weighted by Gasteiger charge is -2.23. The first-order valence-electron chi connectivity index (χ1n) is 6.84. The third-order valence-electron chi connectivity index (χ3n) is 3.56. The SMILES string of the molecule is CCOC(CN)CCN(C)CC1CCN(C)C1. The van der Waals surface area contributed by atoms with Crippen LogP contribution in [0, 0.1) is 5.92 Å². The summed E-state index contributed by atoms with van der Waals surface area (Å²) in [5.41, 5.74) is 5.68. The molecule has 0 aromatic heterocycles. The highest BCUT2D eigenvalue weighted by Gasteiger charge is 2.20. The predicted octanol–water partition coefficient (Wildman–Crippen LogP) is 0.624. The van der Waals surface area contributed by atoms with E-state index in [1.807, 2.05) is 6.92 Å². The fraction of sp³-hybridized carbons (Fsp3) is 1.00. The van der Waals surface area contributed by atoms with E-state index < -0.39 is 0 Å². The highest BCUT2D eigenvalue weighted by atomic mass is 16.5. The molecule has 0 radical (unpaired) electrons. The molecule has 1 aliphatic heterocycles. The molecule has 0 bridgehead atoms. The van der Waals surface area contributed by atoms with Gasteiger partial charge in [-0.1, -0.05) is 0 Å². The zero-order valence-electron chi connectivity index (χ0n) is 11.7. The van der Waals surface area contributed by atoms with E-state index in [9.17, 15) is 0 Å². The fourth-order valence-corrected chi connectivity index (χ4v) is 2.58. The highest BCUT2D eigenvalue weighted by molar-refractivity contribution is 4.75. The maximum Gasteiger partial charge on any atom is 0.0709 e. The average molecular weight is 243 g/mol. The summed E-state index contributed by atoms with van der Waals surface area (Å²) >= 11 is 0. The number of hydrogen-bond donors (Lipinski definition) is 1. The van der Waals surface area contributed by atoms with Crippen LogP contribution in [0.4, 0.5) is 0 Å². The van der Waals surface area contributed by atoms with Crippen molar-refractivity contribution in [1.82, 2.24) is 9.80 Å². The number of rotatable bonds is 8. The van der Waals surface area contributed by atoms with Crippen molar-refractivity contribution in [1.29, 1.82) is 0 Å².